The lowest BCUT2D eigenvalue weighted by molar-refractivity contribution is 0.588. The predicted octanol–water partition coefficient (Wildman–Crippen LogP) is 24.3. The number of benzene rings is 10. The number of rotatable bonds is 18. The molecule has 0 heterocycles. The van der Waals surface area contributed by atoms with E-state index in [0.717, 1.165) is 34.6 Å². The average molecular weight is 1290 g/mol. The summed E-state index contributed by atoms with van der Waals surface area (Å²) in [4.78, 5) is 0. The van der Waals surface area contributed by atoms with Crippen molar-refractivity contribution >= 4 is 31.9 Å². The van der Waals surface area contributed by atoms with Crippen LogP contribution < -0.4 is 0 Å². The highest BCUT2D eigenvalue weighted by atomic mass is 79.9. The number of hydrogen-bond acceptors (Lipinski definition) is 0. The van der Waals surface area contributed by atoms with Gasteiger partial charge in [-0.25, -0.2) is 0 Å². The molecule has 0 saturated carbocycles. The summed E-state index contributed by atoms with van der Waals surface area (Å²) < 4.78 is 2.18. The van der Waals surface area contributed by atoms with Crippen LogP contribution in [0.3, 0.4) is 0 Å². The Morgan fingerprint density at radius 3 is 0.697 bits per heavy atom. The van der Waals surface area contributed by atoms with E-state index in [2.05, 4.69) is 307 Å². The summed E-state index contributed by atoms with van der Waals surface area (Å²) >= 11 is 8.20. The minimum atomic E-state index is -0.715. The van der Waals surface area contributed by atoms with Gasteiger partial charge in [0.15, 0.2) is 0 Å². The van der Waals surface area contributed by atoms with Crippen molar-refractivity contribution in [2.75, 3.05) is 0 Å². The normalized spacial score (nSPS) is 14.7. The number of fused-ring (bicyclic) bond motifs is 9. The smallest absolute Gasteiger partial charge is 0.0654 e. The average Bonchev–Trinajstić information content (AvgIpc) is 1.51. The molecule has 10 aromatic rings. The maximum Gasteiger partial charge on any atom is 0.0714 e. The van der Waals surface area contributed by atoms with E-state index in [4.69, 9.17) is 0 Å². The SMILES string of the molecule is CCCCc1ccc(C2(c3ccc(CCCC)cc3)c3cc(Br)ccc3-c3cc4c(cc32)-c2cc3c(cc2C4(c2ccc(C(C)(C)C)cc2)c2ccc(C(C)(C)C)cc2)-c2ccc(Br)cc2C3(c2ccc(CCCC)cc2)c2ccc(CCCC)cc2)cc1. The summed E-state index contributed by atoms with van der Waals surface area (Å²) in [6, 6.07) is 84.0. The second-order valence-electron chi connectivity index (χ2n) is 28.4. The molecular formula is C87H88Br2. The summed E-state index contributed by atoms with van der Waals surface area (Å²) in [5, 5.41) is 0. The minimum Gasteiger partial charge on any atom is -0.0654 e. The summed E-state index contributed by atoms with van der Waals surface area (Å²) in [7, 11) is 0. The lowest BCUT2D eigenvalue weighted by Crippen LogP contribution is -2.30. The first-order valence-corrected chi connectivity index (χ1v) is 35.2. The minimum absolute atomic E-state index is 0.0272. The van der Waals surface area contributed by atoms with E-state index in [0.29, 0.717) is 0 Å². The second kappa shape index (κ2) is 24.1. The highest BCUT2D eigenvalue weighted by Gasteiger charge is 2.54. The molecule has 0 bridgehead atoms. The van der Waals surface area contributed by atoms with Crippen LogP contribution >= 0.6 is 31.9 Å². The van der Waals surface area contributed by atoms with E-state index in [9.17, 15) is 0 Å². The standard InChI is InChI=1S/C87H88Br2/c1-11-15-19-57-23-31-63(32-24-57)85(64-33-25-58(26-34-64)20-16-12-2)77-51-69(88)47-49-71(77)73-53-81-75(55-79(73)85)76-56-80-74(54-82(76)87(81,67-43-39-61(40-44-67)83(5,6)7)68-45-41-62(42-46-68)84(8,9)10)72-50-48-70(89)52-78(72)86(80,65-35-27-59(28-36-65)21-17-13-3)66-37-29-60(30-38-66)22-18-14-4/h23-56H,11-22H2,1-10H3. The molecule has 10 aromatic carbocycles. The Kier molecular flexibility index (Phi) is 16.5. The molecule has 0 aromatic heterocycles. The van der Waals surface area contributed by atoms with Gasteiger partial charge in [-0.15, -0.1) is 0 Å². The zero-order valence-electron chi connectivity index (χ0n) is 54.4. The third kappa shape index (κ3) is 10.2. The van der Waals surface area contributed by atoms with E-state index < -0.39 is 16.2 Å². The van der Waals surface area contributed by atoms with Gasteiger partial charge in [-0.2, -0.15) is 0 Å². The van der Waals surface area contributed by atoms with Crippen molar-refractivity contribution < 1.29 is 0 Å². The van der Waals surface area contributed by atoms with Gasteiger partial charge in [0.25, 0.3) is 0 Å². The molecule has 0 aliphatic heterocycles. The highest BCUT2D eigenvalue weighted by Crippen LogP contribution is 2.66. The number of hydrogen-bond donors (Lipinski definition) is 0. The zero-order valence-corrected chi connectivity index (χ0v) is 57.5. The van der Waals surface area contributed by atoms with Crippen LogP contribution in [0.2, 0.25) is 0 Å². The molecule has 0 spiro atoms. The highest BCUT2D eigenvalue weighted by molar-refractivity contribution is 9.10. The van der Waals surface area contributed by atoms with Gasteiger partial charge in [-0.1, -0.05) is 285 Å². The fourth-order valence-corrected chi connectivity index (χ4v) is 16.6. The van der Waals surface area contributed by atoms with E-state index in [-0.39, 0.29) is 10.8 Å². The van der Waals surface area contributed by atoms with E-state index in [1.54, 1.807) is 0 Å². The molecule has 0 N–H and O–H groups in total. The van der Waals surface area contributed by atoms with Gasteiger partial charge in [0.2, 0.25) is 0 Å². The van der Waals surface area contributed by atoms with Gasteiger partial charge in [-0.3, -0.25) is 0 Å². The van der Waals surface area contributed by atoms with E-state index in [1.807, 2.05) is 0 Å². The first-order chi connectivity index (χ1) is 43.0. The molecule has 89 heavy (non-hydrogen) atoms. The van der Waals surface area contributed by atoms with Gasteiger partial charge in [0.1, 0.15) is 0 Å². The van der Waals surface area contributed by atoms with Crippen molar-refractivity contribution in [3.05, 3.63) is 315 Å². The van der Waals surface area contributed by atoms with Gasteiger partial charge >= 0.3 is 0 Å². The Hall–Kier alpha value is -6.84. The van der Waals surface area contributed by atoms with Crippen LogP contribution in [0.25, 0.3) is 33.4 Å². The third-order valence-electron chi connectivity index (χ3n) is 20.8. The molecule has 0 atom stereocenters. The van der Waals surface area contributed by atoms with Crippen molar-refractivity contribution in [2.45, 2.75) is 173 Å². The molecule has 0 saturated heterocycles. The molecule has 0 amide bonds. The van der Waals surface area contributed by atoms with E-state index in [1.165, 1.54) is 185 Å². The lowest BCUT2D eigenvalue weighted by atomic mass is 9.65. The van der Waals surface area contributed by atoms with E-state index >= 15 is 0 Å². The maximum absolute atomic E-state index is 4.10. The Balaban J connectivity index is 1.19. The first-order valence-electron chi connectivity index (χ1n) is 33.6. The van der Waals surface area contributed by atoms with Gasteiger partial charge in [0, 0.05) is 8.95 Å². The largest absolute Gasteiger partial charge is 0.0714 e. The predicted molar refractivity (Wildman–Crippen MR) is 386 cm³/mol. The van der Waals surface area contributed by atoms with Crippen molar-refractivity contribution in [2.24, 2.45) is 0 Å². The molecule has 0 nitrogen and oxygen atoms in total. The number of unbranched alkanes of at least 4 members (excludes halogenated alkanes) is 4. The molecule has 0 fully saturated rings. The monoisotopic (exact) mass is 1290 g/mol. The molecule has 13 rings (SSSR count). The van der Waals surface area contributed by atoms with Crippen LogP contribution in [0, 0.1) is 0 Å². The second-order valence-corrected chi connectivity index (χ2v) is 30.2. The number of aryl methyl sites for hydroxylation is 4. The fourth-order valence-electron chi connectivity index (χ4n) is 15.9. The van der Waals surface area contributed by atoms with Crippen molar-refractivity contribution in [3.63, 3.8) is 0 Å². The van der Waals surface area contributed by atoms with Crippen LogP contribution in [-0.4, -0.2) is 0 Å². The summed E-state index contributed by atoms with van der Waals surface area (Å²) in [5.74, 6) is 0. The maximum atomic E-state index is 4.10. The summed E-state index contributed by atoms with van der Waals surface area (Å²) in [5.41, 5.74) is 29.7. The molecular weight excluding hydrogens is 1200 g/mol. The topological polar surface area (TPSA) is 0 Å². The van der Waals surface area contributed by atoms with Crippen molar-refractivity contribution in [1.82, 2.24) is 0 Å². The van der Waals surface area contributed by atoms with Gasteiger partial charge in [-0.05, 0) is 244 Å². The molecule has 450 valence electrons. The van der Waals surface area contributed by atoms with Crippen LogP contribution in [0.5, 0.6) is 0 Å². The first kappa shape index (κ1) is 61.0. The summed E-state index contributed by atoms with van der Waals surface area (Å²) in [6.07, 6.45) is 13.7. The zero-order chi connectivity index (χ0) is 62.0. The molecule has 0 unspecified atom stereocenters. The Morgan fingerprint density at radius 2 is 0.472 bits per heavy atom. The third-order valence-corrected chi connectivity index (χ3v) is 21.8. The van der Waals surface area contributed by atoms with Crippen LogP contribution in [0.15, 0.2) is 215 Å². The fraction of sp³-hybridized carbons (Fsp3) is 0.310. The Labute approximate surface area is 550 Å². The Morgan fingerprint density at radius 1 is 0.258 bits per heavy atom. The molecule has 2 heteroatoms. The number of halogens is 2. The molecule has 3 aliphatic rings. The summed E-state index contributed by atoms with van der Waals surface area (Å²) in [6.45, 7) is 23.3. The molecule has 0 radical (unpaired) electrons. The van der Waals surface area contributed by atoms with Crippen LogP contribution in [-0.2, 0) is 52.8 Å². The molecule has 3 aliphatic carbocycles. The van der Waals surface area contributed by atoms with Gasteiger partial charge in [0.05, 0.1) is 16.2 Å². The lowest BCUT2D eigenvalue weighted by Gasteiger charge is -2.37. The van der Waals surface area contributed by atoms with Crippen LogP contribution in [0.1, 0.15) is 221 Å². The van der Waals surface area contributed by atoms with Crippen molar-refractivity contribution in [3.8, 4) is 33.4 Å². The van der Waals surface area contributed by atoms with Crippen LogP contribution in [0.4, 0.5) is 0 Å². The Bertz CT molecular complexity index is 3840. The van der Waals surface area contributed by atoms with Crippen molar-refractivity contribution in [1.29, 1.82) is 0 Å². The van der Waals surface area contributed by atoms with Gasteiger partial charge < -0.3 is 0 Å². The quantitative estimate of drug-likeness (QED) is 0.0803.